The highest BCUT2D eigenvalue weighted by Crippen LogP contribution is 2.36. The quantitative estimate of drug-likeness (QED) is 0.237. The molecule has 7 heteroatoms. The molecule has 22 heavy (non-hydrogen) atoms. The molecule has 0 aliphatic rings. The molecular weight excluding hydrogens is 361 g/mol. The summed E-state index contributed by atoms with van der Waals surface area (Å²) in [6.07, 6.45) is 1.29. The molecule has 0 fully saturated rings. The molecule has 3 nitrogen and oxygen atoms in total. The van der Waals surface area contributed by atoms with Crippen LogP contribution in [0.3, 0.4) is 0 Å². The molecular formula is C15H18Cl3NO2Si. The summed E-state index contributed by atoms with van der Waals surface area (Å²) in [6, 6.07) is 0. The Morgan fingerprint density at radius 2 is 1.91 bits per heavy atom. The number of hydrogen-bond acceptors (Lipinski definition) is 3. The second-order valence-corrected chi connectivity index (χ2v) is 12.2. The highest BCUT2D eigenvalue weighted by Gasteiger charge is 2.36. The summed E-state index contributed by atoms with van der Waals surface area (Å²) < 4.78 is 5.87. The van der Waals surface area contributed by atoms with Gasteiger partial charge in [-0.15, -0.1) is 0 Å². The van der Waals surface area contributed by atoms with E-state index in [9.17, 15) is 4.79 Å². The lowest BCUT2D eigenvalue weighted by molar-refractivity contribution is 0.105. The molecule has 0 aliphatic carbocycles. The van der Waals surface area contributed by atoms with E-state index in [0.29, 0.717) is 0 Å². The number of halogens is 3. The number of hydrogen-bond donors (Lipinski definition) is 0. The molecule has 0 unspecified atom stereocenters. The van der Waals surface area contributed by atoms with E-state index in [2.05, 4.69) is 50.7 Å². The SMILES string of the molecule is CC(C)(C)[Si](C)(C)OCC#CC(=O)c1c(Cl)ncc(Cl)c1Cl. The van der Waals surface area contributed by atoms with Crippen LogP contribution in [-0.2, 0) is 4.43 Å². The first-order valence-corrected chi connectivity index (χ1v) is 10.7. The van der Waals surface area contributed by atoms with Crippen molar-refractivity contribution >= 4 is 48.9 Å². The van der Waals surface area contributed by atoms with Crippen LogP contribution in [-0.4, -0.2) is 25.7 Å². The Morgan fingerprint density at radius 1 is 1.32 bits per heavy atom. The number of carbonyl (C=O) groups excluding carboxylic acids is 1. The van der Waals surface area contributed by atoms with Gasteiger partial charge in [-0.2, -0.15) is 0 Å². The van der Waals surface area contributed by atoms with Gasteiger partial charge in [0.1, 0.15) is 5.15 Å². The topological polar surface area (TPSA) is 39.2 Å². The average molecular weight is 379 g/mol. The van der Waals surface area contributed by atoms with Crippen LogP contribution in [0.25, 0.3) is 0 Å². The molecule has 0 saturated heterocycles. The van der Waals surface area contributed by atoms with Gasteiger partial charge >= 0.3 is 0 Å². The Kier molecular flexibility index (Phi) is 6.49. The van der Waals surface area contributed by atoms with Crippen LogP contribution in [0, 0.1) is 11.8 Å². The fourth-order valence-corrected chi connectivity index (χ4v) is 2.76. The number of nitrogens with zero attached hydrogens (tertiary/aromatic N) is 1. The van der Waals surface area contributed by atoms with E-state index in [1.54, 1.807) is 0 Å². The first kappa shape index (κ1) is 19.5. The maximum atomic E-state index is 12.1. The molecule has 1 aromatic rings. The van der Waals surface area contributed by atoms with Crippen LogP contribution in [0.15, 0.2) is 6.20 Å². The Bertz CT molecular complexity index is 643. The van der Waals surface area contributed by atoms with Crippen LogP contribution in [0.5, 0.6) is 0 Å². The number of aromatic nitrogens is 1. The standard InChI is InChI=1S/C15H18Cl3NO2Si/c1-15(2,3)22(4,5)21-8-6-7-11(20)12-13(17)10(16)9-19-14(12)18/h9H,8H2,1-5H3. The summed E-state index contributed by atoms with van der Waals surface area (Å²) in [6.45, 7) is 10.8. The largest absolute Gasteiger partial charge is 0.406 e. The van der Waals surface area contributed by atoms with Gasteiger partial charge in [-0.25, -0.2) is 4.98 Å². The Balaban J connectivity index is 2.83. The van der Waals surface area contributed by atoms with Crippen molar-refractivity contribution in [1.29, 1.82) is 0 Å². The van der Waals surface area contributed by atoms with Crippen molar-refractivity contribution in [1.82, 2.24) is 4.98 Å². The van der Waals surface area contributed by atoms with E-state index in [4.69, 9.17) is 39.2 Å². The summed E-state index contributed by atoms with van der Waals surface area (Å²) in [5, 5.41) is 0.293. The molecule has 1 heterocycles. The van der Waals surface area contributed by atoms with Gasteiger partial charge in [-0.1, -0.05) is 61.5 Å². The molecule has 120 valence electrons. The van der Waals surface area contributed by atoms with E-state index in [0.717, 1.165) is 0 Å². The van der Waals surface area contributed by atoms with Gasteiger partial charge in [-0.3, -0.25) is 4.79 Å². The van der Waals surface area contributed by atoms with E-state index in [1.807, 2.05) is 0 Å². The smallest absolute Gasteiger partial charge is 0.240 e. The third-order valence-electron chi connectivity index (χ3n) is 3.67. The number of carbonyl (C=O) groups is 1. The number of ketones is 1. The summed E-state index contributed by atoms with van der Waals surface area (Å²) in [4.78, 5) is 15.9. The number of pyridine rings is 1. The van der Waals surface area contributed by atoms with Gasteiger partial charge < -0.3 is 4.43 Å². The highest BCUT2D eigenvalue weighted by molar-refractivity contribution is 6.74. The fourth-order valence-electron chi connectivity index (χ4n) is 1.25. The Labute approximate surface area is 147 Å². The van der Waals surface area contributed by atoms with Crippen molar-refractivity contribution < 1.29 is 9.22 Å². The first-order chi connectivity index (χ1) is 9.97. The zero-order chi connectivity index (χ0) is 17.1. The minimum absolute atomic E-state index is 0.0148. The molecule has 0 atom stereocenters. The summed E-state index contributed by atoms with van der Waals surface area (Å²) in [7, 11) is -1.89. The lowest BCUT2D eigenvalue weighted by Crippen LogP contribution is -2.40. The van der Waals surface area contributed by atoms with Crippen molar-refractivity contribution in [3.63, 3.8) is 0 Å². The van der Waals surface area contributed by atoms with Gasteiger partial charge in [-0.05, 0) is 24.1 Å². The van der Waals surface area contributed by atoms with Crippen LogP contribution in [0.2, 0.25) is 33.3 Å². The predicted octanol–water partition coefficient (Wildman–Crippen LogP) is 5.25. The Morgan fingerprint density at radius 3 is 2.45 bits per heavy atom. The molecule has 0 radical (unpaired) electrons. The fraction of sp³-hybridized carbons (Fsp3) is 0.467. The molecule has 0 amide bonds. The van der Waals surface area contributed by atoms with Crippen molar-refractivity contribution in [2.24, 2.45) is 0 Å². The van der Waals surface area contributed by atoms with Crippen molar-refractivity contribution in [2.45, 2.75) is 38.9 Å². The zero-order valence-corrected chi connectivity index (χ0v) is 16.4. The molecule has 0 N–H and O–H groups in total. The van der Waals surface area contributed by atoms with Gasteiger partial charge in [0.05, 0.1) is 22.2 Å². The maximum Gasteiger partial charge on any atom is 0.240 e. The first-order valence-electron chi connectivity index (χ1n) is 6.64. The average Bonchev–Trinajstić information content (AvgIpc) is 2.38. The van der Waals surface area contributed by atoms with E-state index in [-0.39, 0.29) is 32.4 Å². The van der Waals surface area contributed by atoms with E-state index < -0.39 is 14.1 Å². The maximum absolute atomic E-state index is 12.1. The Hall–Kier alpha value is -0.573. The van der Waals surface area contributed by atoms with Crippen LogP contribution < -0.4 is 0 Å². The van der Waals surface area contributed by atoms with Crippen molar-refractivity contribution in [3.05, 3.63) is 27.0 Å². The third-order valence-corrected chi connectivity index (χ3v) is 9.21. The molecule has 0 bridgehead atoms. The summed E-state index contributed by atoms with van der Waals surface area (Å²) >= 11 is 17.7. The van der Waals surface area contributed by atoms with Gasteiger partial charge in [0.2, 0.25) is 5.78 Å². The number of Topliss-reactive ketones (excluding diaryl/α,β-unsaturated/α-hetero) is 1. The highest BCUT2D eigenvalue weighted by atomic mass is 35.5. The van der Waals surface area contributed by atoms with Gasteiger partial charge in [0.15, 0.2) is 8.32 Å². The number of rotatable bonds is 3. The normalized spacial score (nSPS) is 11.8. The van der Waals surface area contributed by atoms with Crippen molar-refractivity contribution in [3.8, 4) is 11.8 Å². The second-order valence-electron chi connectivity index (χ2n) is 6.27. The lowest BCUT2D eigenvalue weighted by Gasteiger charge is -2.35. The van der Waals surface area contributed by atoms with E-state index in [1.165, 1.54) is 6.20 Å². The third kappa shape index (κ3) is 4.71. The van der Waals surface area contributed by atoms with Crippen LogP contribution in [0.1, 0.15) is 31.1 Å². The van der Waals surface area contributed by atoms with Crippen LogP contribution in [0.4, 0.5) is 0 Å². The molecule has 1 rings (SSSR count). The van der Waals surface area contributed by atoms with E-state index >= 15 is 0 Å². The van der Waals surface area contributed by atoms with Gasteiger partial charge in [0, 0.05) is 6.20 Å². The van der Waals surface area contributed by atoms with Crippen LogP contribution >= 0.6 is 34.8 Å². The molecule has 0 aromatic carbocycles. The minimum atomic E-state index is -1.89. The predicted molar refractivity (Wildman–Crippen MR) is 94.5 cm³/mol. The lowest BCUT2D eigenvalue weighted by atomic mass is 10.2. The molecule has 1 aromatic heterocycles. The summed E-state index contributed by atoms with van der Waals surface area (Å²) in [5.41, 5.74) is 0.0238. The summed E-state index contributed by atoms with van der Waals surface area (Å²) in [5.74, 6) is 4.66. The molecule has 0 aliphatic heterocycles. The zero-order valence-electron chi connectivity index (χ0n) is 13.2. The minimum Gasteiger partial charge on any atom is -0.406 e. The monoisotopic (exact) mass is 377 g/mol. The molecule has 0 saturated carbocycles. The second kappa shape index (κ2) is 7.33. The van der Waals surface area contributed by atoms with Crippen molar-refractivity contribution in [2.75, 3.05) is 6.61 Å². The van der Waals surface area contributed by atoms with Gasteiger partial charge in [0.25, 0.3) is 0 Å². The molecule has 0 spiro atoms.